The molecule has 2 fully saturated rings. The van der Waals surface area contributed by atoms with Gasteiger partial charge in [0.05, 0.1) is 13.7 Å². The molecule has 41 heavy (non-hydrogen) atoms. The molecule has 2 heterocycles. The first kappa shape index (κ1) is 28.7. The van der Waals surface area contributed by atoms with Crippen molar-refractivity contribution in [2.24, 2.45) is 11.1 Å². The standard InChI is InChI=1S/C29H28ClF3N4O4/c1-15(30)4-5-16(2)40-23-13-28(23)11-10-17(12-28)35-26(38)25-21(14-34)41-27(37-25)19-6-8-20(39-3)24-18(19)7-9-22(36-24)29(31,32)33/h4-9,17,23H,1-2,10-14,34H2,3H3,(H,35,38)/b5-4-/t17?,23-,28-/m1/s1. The minimum absolute atomic E-state index is 0.0122. The van der Waals surface area contributed by atoms with E-state index in [0.717, 1.165) is 31.7 Å². The molecule has 1 amide bonds. The fraction of sp³-hybridized carbons (Fsp3) is 0.345. The molecular weight excluding hydrogens is 561 g/mol. The number of hydrogen-bond acceptors (Lipinski definition) is 7. The molecule has 1 unspecified atom stereocenters. The van der Waals surface area contributed by atoms with Crippen LogP contribution in [0.3, 0.4) is 0 Å². The van der Waals surface area contributed by atoms with Crippen LogP contribution in [0.25, 0.3) is 22.4 Å². The zero-order valence-electron chi connectivity index (χ0n) is 22.2. The third kappa shape index (κ3) is 5.82. The number of pyridine rings is 1. The minimum Gasteiger partial charge on any atom is -0.494 e. The Hall–Kier alpha value is -3.83. The van der Waals surface area contributed by atoms with Crippen LogP contribution in [0.1, 0.15) is 47.6 Å². The van der Waals surface area contributed by atoms with E-state index in [1.165, 1.54) is 19.2 Å². The zero-order chi connectivity index (χ0) is 29.5. The van der Waals surface area contributed by atoms with E-state index in [1.807, 2.05) is 0 Å². The van der Waals surface area contributed by atoms with Crippen molar-refractivity contribution in [3.63, 3.8) is 0 Å². The summed E-state index contributed by atoms with van der Waals surface area (Å²) in [5.74, 6) is 0.406. The number of oxazole rings is 1. The number of allylic oxidation sites excluding steroid dienone is 3. The molecule has 0 aliphatic heterocycles. The Kier molecular flexibility index (Phi) is 7.60. The normalized spacial score (nSPS) is 21.9. The van der Waals surface area contributed by atoms with Gasteiger partial charge in [0.15, 0.2) is 11.5 Å². The number of halogens is 4. The second-order valence-electron chi connectivity index (χ2n) is 10.2. The highest BCUT2D eigenvalue weighted by atomic mass is 35.5. The van der Waals surface area contributed by atoms with Crippen molar-refractivity contribution >= 4 is 28.4 Å². The lowest BCUT2D eigenvalue weighted by Gasteiger charge is -2.13. The minimum atomic E-state index is -4.63. The Labute approximate surface area is 239 Å². The lowest BCUT2D eigenvalue weighted by atomic mass is 10.1. The average Bonchev–Trinajstić information content (AvgIpc) is 3.24. The molecule has 216 valence electrons. The molecule has 3 aromatic rings. The largest absolute Gasteiger partial charge is 0.494 e. The number of carbonyl (C=O) groups is 1. The zero-order valence-corrected chi connectivity index (χ0v) is 22.9. The highest BCUT2D eigenvalue weighted by molar-refractivity contribution is 6.30. The Bertz CT molecular complexity index is 1570. The van der Waals surface area contributed by atoms with Gasteiger partial charge in [-0.2, -0.15) is 13.2 Å². The number of benzene rings is 1. The Morgan fingerprint density at radius 2 is 2.02 bits per heavy atom. The van der Waals surface area contributed by atoms with Crippen molar-refractivity contribution in [3.8, 4) is 17.2 Å². The average molecular weight is 589 g/mol. The third-order valence-electron chi connectivity index (χ3n) is 7.50. The van der Waals surface area contributed by atoms with Crippen LogP contribution in [0.5, 0.6) is 5.75 Å². The van der Waals surface area contributed by atoms with Crippen molar-refractivity contribution < 1.29 is 31.9 Å². The van der Waals surface area contributed by atoms with Crippen LogP contribution in [-0.4, -0.2) is 35.1 Å². The number of nitrogens with one attached hydrogen (secondary N) is 1. The molecule has 2 aliphatic carbocycles. The molecule has 1 aromatic carbocycles. The first-order valence-corrected chi connectivity index (χ1v) is 13.3. The summed E-state index contributed by atoms with van der Waals surface area (Å²) in [6, 6.07) is 5.11. The van der Waals surface area contributed by atoms with E-state index in [1.54, 1.807) is 18.2 Å². The molecule has 2 saturated carbocycles. The summed E-state index contributed by atoms with van der Waals surface area (Å²) in [5.41, 5.74) is 5.13. The molecule has 12 heteroatoms. The van der Waals surface area contributed by atoms with Crippen LogP contribution in [0.4, 0.5) is 13.2 Å². The number of carbonyl (C=O) groups excluding carboxylic acids is 1. The molecule has 0 bridgehead atoms. The van der Waals surface area contributed by atoms with E-state index in [9.17, 15) is 18.0 Å². The first-order valence-electron chi connectivity index (χ1n) is 12.9. The second-order valence-corrected chi connectivity index (χ2v) is 10.7. The summed E-state index contributed by atoms with van der Waals surface area (Å²) in [7, 11) is 1.34. The molecular formula is C29H28ClF3N4O4. The molecule has 2 aliphatic rings. The molecule has 8 nitrogen and oxygen atoms in total. The topological polar surface area (TPSA) is 112 Å². The number of aromatic nitrogens is 2. The van der Waals surface area contributed by atoms with E-state index < -0.39 is 17.8 Å². The van der Waals surface area contributed by atoms with E-state index in [2.05, 4.69) is 28.4 Å². The van der Waals surface area contributed by atoms with Gasteiger partial charge in [0.25, 0.3) is 5.91 Å². The van der Waals surface area contributed by atoms with Crippen molar-refractivity contribution in [1.29, 1.82) is 0 Å². The van der Waals surface area contributed by atoms with Crippen LogP contribution < -0.4 is 15.8 Å². The van der Waals surface area contributed by atoms with Crippen molar-refractivity contribution in [2.75, 3.05) is 7.11 Å². The second kappa shape index (κ2) is 10.9. The molecule has 3 N–H and O–H groups in total. The molecule has 1 spiro atoms. The highest BCUT2D eigenvalue weighted by Gasteiger charge is 2.60. The van der Waals surface area contributed by atoms with Crippen molar-refractivity contribution in [3.05, 3.63) is 77.5 Å². The number of ether oxygens (including phenoxy) is 2. The maximum absolute atomic E-state index is 13.3. The summed E-state index contributed by atoms with van der Waals surface area (Å²) >= 11 is 5.75. The molecule has 2 aromatic heterocycles. The Morgan fingerprint density at radius 1 is 1.24 bits per heavy atom. The van der Waals surface area contributed by atoms with Gasteiger partial charge in [0.1, 0.15) is 28.8 Å². The predicted octanol–water partition coefficient (Wildman–Crippen LogP) is 6.26. The number of amides is 1. The maximum atomic E-state index is 13.3. The molecule has 0 radical (unpaired) electrons. The molecule has 3 atom stereocenters. The smallest absolute Gasteiger partial charge is 0.433 e. The summed E-state index contributed by atoms with van der Waals surface area (Å²) < 4.78 is 56.9. The van der Waals surface area contributed by atoms with Gasteiger partial charge in [-0.1, -0.05) is 24.8 Å². The maximum Gasteiger partial charge on any atom is 0.433 e. The van der Waals surface area contributed by atoms with Gasteiger partial charge in [-0.25, -0.2) is 9.97 Å². The van der Waals surface area contributed by atoms with Crippen LogP contribution in [0, 0.1) is 5.41 Å². The monoisotopic (exact) mass is 588 g/mol. The van der Waals surface area contributed by atoms with Gasteiger partial charge in [-0.3, -0.25) is 4.79 Å². The van der Waals surface area contributed by atoms with Gasteiger partial charge >= 0.3 is 6.18 Å². The summed E-state index contributed by atoms with van der Waals surface area (Å²) in [4.78, 5) is 21.4. The van der Waals surface area contributed by atoms with E-state index in [0.29, 0.717) is 21.7 Å². The Morgan fingerprint density at radius 3 is 2.71 bits per heavy atom. The third-order valence-corrected chi connectivity index (χ3v) is 7.62. The number of alkyl halides is 3. The SMILES string of the molecule is C=C(Cl)/C=C\C(=C)O[C@@H]1C[C@]12CCC(NC(=O)c1nc(-c3ccc(OC)c4nc(C(F)(F)F)ccc34)oc1CN)C2. The number of rotatable bonds is 9. The predicted molar refractivity (Wildman–Crippen MR) is 147 cm³/mol. The number of fused-ring (bicyclic) bond motifs is 1. The highest BCUT2D eigenvalue weighted by Crippen LogP contribution is 2.60. The number of methoxy groups -OCH3 is 1. The van der Waals surface area contributed by atoms with Gasteiger partial charge in [-0.15, -0.1) is 0 Å². The first-order chi connectivity index (χ1) is 19.4. The molecule has 0 saturated heterocycles. The summed E-state index contributed by atoms with van der Waals surface area (Å²) in [6.45, 7) is 7.38. The van der Waals surface area contributed by atoms with Gasteiger partial charge in [-0.05, 0) is 62.1 Å². The quantitative estimate of drug-likeness (QED) is 0.224. The van der Waals surface area contributed by atoms with Crippen LogP contribution in [-0.2, 0) is 17.5 Å². The van der Waals surface area contributed by atoms with E-state index in [-0.39, 0.29) is 52.7 Å². The fourth-order valence-corrected chi connectivity index (χ4v) is 5.44. The molecule has 5 rings (SSSR count). The Balaban J connectivity index is 1.33. The van der Waals surface area contributed by atoms with E-state index in [4.69, 9.17) is 31.2 Å². The summed E-state index contributed by atoms with van der Waals surface area (Å²) in [5, 5.41) is 3.73. The van der Waals surface area contributed by atoms with Crippen molar-refractivity contribution in [2.45, 2.75) is 50.6 Å². The summed E-state index contributed by atoms with van der Waals surface area (Å²) in [6.07, 6.45) is 1.93. The van der Waals surface area contributed by atoms with Gasteiger partial charge in [0, 0.05) is 27.4 Å². The lowest BCUT2D eigenvalue weighted by molar-refractivity contribution is -0.140. The number of hydrogen-bond donors (Lipinski definition) is 2. The van der Waals surface area contributed by atoms with Crippen LogP contribution in [0.15, 0.2) is 64.8 Å². The number of nitrogens with zero attached hydrogens (tertiary/aromatic N) is 2. The fourth-order valence-electron chi connectivity index (χ4n) is 5.38. The number of nitrogens with two attached hydrogens (primary N) is 1. The van der Waals surface area contributed by atoms with E-state index >= 15 is 0 Å². The van der Waals surface area contributed by atoms with Gasteiger partial charge < -0.3 is 24.9 Å². The lowest BCUT2D eigenvalue weighted by Crippen LogP contribution is -2.34. The van der Waals surface area contributed by atoms with Crippen LogP contribution >= 0.6 is 11.6 Å². The van der Waals surface area contributed by atoms with Crippen molar-refractivity contribution in [1.82, 2.24) is 15.3 Å². The van der Waals surface area contributed by atoms with Crippen LogP contribution in [0.2, 0.25) is 0 Å². The van der Waals surface area contributed by atoms with Gasteiger partial charge in [0.2, 0.25) is 5.89 Å².